The zero-order valence-electron chi connectivity index (χ0n) is 22.6. The molecule has 2 heterocycles. The van der Waals surface area contributed by atoms with Crippen molar-refractivity contribution in [2.45, 2.75) is 69.2 Å². The van der Waals surface area contributed by atoms with Crippen molar-refractivity contribution in [1.82, 2.24) is 14.9 Å². The smallest absolute Gasteiger partial charge is 0.410 e. The van der Waals surface area contributed by atoms with Crippen LogP contribution in [0.4, 0.5) is 10.6 Å². The van der Waals surface area contributed by atoms with Crippen molar-refractivity contribution in [2.24, 2.45) is 0 Å². The molecule has 1 aliphatic carbocycles. The number of thioether (sulfide) groups is 1. The van der Waals surface area contributed by atoms with Gasteiger partial charge < -0.3 is 14.5 Å². The van der Waals surface area contributed by atoms with Gasteiger partial charge >= 0.3 is 6.09 Å². The van der Waals surface area contributed by atoms with Gasteiger partial charge in [-0.25, -0.2) is 14.8 Å². The van der Waals surface area contributed by atoms with Gasteiger partial charge in [0.1, 0.15) is 11.4 Å². The van der Waals surface area contributed by atoms with E-state index in [2.05, 4.69) is 53.4 Å². The number of amides is 1. The van der Waals surface area contributed by atoms with Crippen molar-refractivity contribution < 1.29 is 9.53 Å². The van der Waals surface area contributed by atoms with Gasteiger partial charge in [-0.2, -0.15) is 5.26 Å². The number of rotatable bonds is 4. The number of hydrogen-bond donors (Lipinski definition) is 0. The van der Waals surface area contributed by atoms with E-state index in [0.29, 0.717) is 25.6 Å². The van der Waals surface area contributed by atoms with Crippen LogP contribution < -0.4 is 4.90 Å². The van der Waals surface area contributed by atoms with E-state index in [4.69, 9.17) is 14.7 Å². The Kier molecular flexibility index (Phi) is 7.49. The van der Waals surface area contributed by atoms with Gasteiger partial charge in [-0.1, -0.05) is 54.2 Å². The Morgan fingerprint density at radius 3 is 2.71 bits per heavy atom. The lowest BCUT2D eigenvalue weighted by molar-refractivity contribution is 0.0144. The number of carbonyl (C=O) groups is 1. The highest BCUT2D eigenvalue weighted by Crippen LogP contribution is 2.39. The Morgan fingerprint density at radius 2 is 1.95 bits per heavy atom. The maximum absolute atomic E-state index is 12.9. The number of carbonyl (C=O) groups excluding carboxylic acids is 1. The molecule has 0 saturated carbocycles. The van der Waals surface area contributed by atoms with Crippen molar-refractivity contribution in [2.75, 3.05) is 30.8 Å². The highest BCUT2D eigenvalue weighted by atomic mass is 32.2. The molecule has 2 aliphatic rings. The van der Waals surface area contributed by atoms with Crippen LogP contribution in [-0.4, -0.2) is 58.5 Å². The maximum Gasteiger partial charge on any atom is 0.410 e. The third-order valence-electron chi connectivity index (χ3n) is 7.42. The molecule has 198 valence electrons. The third kappa shape index (κ3) is 5.44. The molecular weight excluding hydrogens is 494 g/mol. The average molecular weight is 530 g/mol. The summed E-state index contributed by atoms with van der Waals surface area (Å²) < 4.78 is 5.64. The van der Waals surface area contributed by atoms with Crippen LogP contribution in [0.2, 0.25) is 0 Å². The highest BCUT2D eigenvalue weighted by Gasteiger charge is 2.36. The molecule has 2 atom stereocenters. The van der Waals surface area contributed by atoms with Gasteiger partial charge in [-0.05, 0) is 68.5 Å². The molecule has 0 spiro atoms. The monoisotopic (exact) mass is 529 g/mol. The van der Waals surface area contributed by atoms with Crippen LogP contribution >= 0.6 is 11.8 Å². The van der Waals surface area contributed by atoms with Gasteiger partial charge in [-0.3, -0.25) is 0 Å². The summed E-state index contributed by atoms with van der Waals surface area (Å²) in [6.07, 6.45) is 4.73. The maximum atomic E-state index is 12.9. The van der Waals surface area contributed by atoms with Crippen molar-refractivity contribution >= 4 is 34.4 Å². The minimum atomic E-state index is -0.578. The van der Waals surface area contributed by atoms with E-state index in [-0.39, 0.29) is 18.6 Å². The molecule has 1 fully saturated rings. The number of nitriles is 1. The Labute approximate surface area is 229 Å². The average Bonchev–Trinajstić information content (AvgIpc) is 2.91. The second-order valence-corrected chi connectivity index (χ2v) is 11.9. The molecule has 0 N–H and O–H groups in total. The number of hydrogen-bond acceptors (Lipinski definition) is 7. The van der Waals surface area contributed by atoms with E-state index < -0.39 is 5.60 Å². The number of anilines is 1. The fourth-order valence-electron chi connectivity index (χ4n) is 5.69. The second-order valence-electron chi connectivity index (χ2n) is 11.1. The van der Waals surface area contributed by atoms with Gasteiger partial charge in [0.15, 0.2) is 5.16 Å². The van der Waals surface area contributed by atoms with E-state index in [0.717, 1.165) is 35.9 Å². The Hall–Kier alpha value is -3.31. The third-order valence-corrected chi connectivity index (χ3v) is 7.96. The number of piperazine rings is 1. The Bertz CT molecular complexity index is 1370. The molecule has 7 nitrogen and oxygen atoms in total. The fourth-order valence-corrected chi connectivity index (χ4v) is 6.07. The minimum Gasteiger partial charge on any atom is -0.444 e. The van der Waals surface area contributed by atoms with Crippen LogP contribution in [0.25, 0.3) is 10.8 Å². The summed E-state index contributed by atoms with van der Waals surface area (Å²) in [6.45, 7) is 7.28. The number of benzene rings is 2. The first-order chi connectivity index (χ1) is 18.3. The second kappa shape index (κ2) is 10.8. The molecule has 0 radical (unpaired) electrons. The molecule has 2 unspecified atom stereocenters. The van der Waals surface area contributed by atoms with Crippen molar-refractivity contribution in [3.8, 4) is 6.07 Å². The summed E-state index contributed by atoms with van der Waals surface area (Å²) in [7, 11) is 0. The molecular formula is C30H35N5O2S. The standard InChI is InChI=1S/C30H35N5O2S/c1-30(2,3)37-29(36)35-17-16-34(19-22(35)14-15-31)27-25-13-12-21(18-26(25)32-28(33-27)38-4)24-11-7-9-20-8-5-6-10-23(20)24/h5-11,21-22H,12-14,16-19H2,1-4H3. The first kappa shape index (κ1) is 26.3. The van der Waals surface area contributed by atoms with E-state index >= 15 is 0 Å². The molecule has 1 aromatic heterocycles. The Balaban J connectivity index is 1.43. The van der Waals surface area contributed by atoms with Gasteiger partial charge in [-0.15, -0.1) is 0 Å². The topological polar surface area (TPSA) is 82.4 Å². The van der Waals surface area contributed by atoms with Crippen molar-refractivity contribution in [1.29, 1.82) is 5.26 Å². The van der Waals surface area contributed by atoms with Gasteiger partial charge in [0.2, 0.25) is 0 Å². The minimum absolute atomic E-state index is 0.251. The molecule has 8 heteroatoms. The van der Waals surface area contributed by atoms with Gasteiger partial charge in [0.25, 0.3) is 0 Å². The molecule has 1 amide bonds. The molecule has 1 aliphatic heterocycles. The van der Waals surface area contributed by atoms with Crippen LogP contribution in [0.3, 0.4) is 0 Å². The number of nitrogens with zero attached hydrogens (tertiary/aromatic N) is 5. The van der Waals surface area contributed by atoms with Crippen LogP contribution in [0.15, 0.2) is 47.6 Å². The van der Waals surface area contributed by atoms with Crippen molar-refractivity contribution in [3.63, 3.8) is 0 Å². The molecule has 3 aromatic rings. The summed E-state index contributed by atoms with van der Waals surface area (Å²) in [5.74, 6) is 1.36. The quantitative estimate of drug-likeness (QED) is 0.304. The largest absolute Gasteiger partial charge is 0.444 e. The van der Waals surface area contributed by atoms with E-state index in [1.165, 1.54) is 21.9 Å². The van der Waals surface area contributed by atoms with Crippen molar-refractivity contribution in [3.05, 3.63) is 59.3 Å². The van der Waals surface area contributed by atoms with E-state index in [9.17, 15) is 10.1 Å². The molecule has 0 bridgehead atoms. The summed E-state index contributed by atoms with van der Waals surface area (Å²) in [5, 5.41) is 12.9. The Morgan fingerprint density at radius 1 is 1.16 bits per heavy atom. The molecule has 38 heavy (non-hydrogen) atoms. The van der Waals surface area contributed by atoms with Crippen LogP contribution in [0.1, 0.15) is 56.4 Å². The zero-order chi connectivity index (χ0) is 26.9. The lowest BCUT2D eigenvalue weighted by atomic mass is 9.80. The summed E-state index contributed by atoms with van der Waals surface area (Å²) in [6, 6.07) is 17.2. The zero-order valence-corrected chi connectivity index (χ0v) is 23.4. The number of aromatic nitrogens is 2. The summed E-state index contributed by atoms with van der Waals surface area (Å²) in [4.78, 5) is 26.8. The van der Waals surface area contributed by atoms with E-state index in [1.807, 2.05) is 27.0 Å². The predicted molar refractivity (Wildman–Crippen MR) is 152 cm³/mol. The lowest BCUT2D eigenvalue weighted by Crippen LogP contribution is -2.56. The van der Waals surface area contributed by atoms with Crippen LogP contribution in [-0.2, 0) is 17.6 Å². The highest BCUT2D eigenvalue weighted by molar-refractivity contribution is 7.98. The number of fused-ring (bicyclic) bond motifs is 2. The summed E-state index contributed by atoms with van der Waals surface area (Å²) in [5.41, 5.74) is 3.14. The molecule has 2 aromatic carbocycles. The summed E-state index contributed by atoms with van der Waals surface area (Å²) >= 11 is 1.56. The molecule has 1 saturated heterocycles. The van der Waals surface area contributed by atoms with Gasteiger partial charge in [0, 0.05) is 25.2 Å². The fraction of sp³-hybridized carbons (Fsp3) is 0.467. The van der Waals surface area contributed by atoms with Crippen LogP contribution in [0, 0.1) is 11.3 Å². The van der Waals surface area contributed by atoms with E-state index in [1.54, 1.807) is 16.7 Å². The predicted octanol–water partition coefficient (Wildman–Crippen LogP) is 5.96. The first-order valence-electron chi connectivity index (χ1n) is 13.3. The van der Waals surface area contributed by atoms with Gasteiger partial charge in [0.05, 0.1) is 24.2 Å². The lowest BCUT2D eigenvalue weighted by Gasteiger charge is -2.42. The normalized spacial score (nSPS) is 19.7. The van der Waals surface area contributed by atoms with Crippen LogP contribution in [0.5, 0.6) is 0 Å². The molecule has 5 rings (SSSR count). The first-order valence-corrected chi connectivity index (χ1v) is 14.5. The number of ether oxygens (including phenoxy) is 1. The SMILES string of the molecule is CSc1nc2c(c(N3CCN(C(=O)OC(C)(C)C)C(CC#N)C3)n1)CCC(c1cccc3ccccc13)C2.